The molecule has 3 aliphatic carbocycles. The Morgan fingerprint density at radius 2 is 1.72 bits per heavy atom. The van der Waals surface area contributed by atoms with Gasteiger partial charge in [-0.25, -0.2) is 4.39 Å². The quantitative estimate of drug-likeness (QED) is 0.213. The molecule has 1 spiro atoms. The van der Waals surface area contributed by atoms with Gasteiger partial charge in [-0.2, -0.15) is 0 Å². The highest BCUT2D eigenvalue weighted by atomic mass is 18.2. The Morgan fingerprint density at radius 1 is 0.913 bits per heavy atom. The number of likely N-dealkylation sites (tertiary alicyclic amines) is 1. The van der Waals surface area contributed by atoms with Gasteiger partial charge in [0.05, 0.1) is 16.7 Å². The van der Waals surface area contributed by atoms with Crippen LogP contribution in [0.15, 0.2) is 91.0 Å². The van der Waals surface area contributed by atoms with E-state index in [0.717, 1.165) is 71.2 Å². The molecule has 2 aliphatic heterocycles. The smallest absolute Gasteiger partial charge is 0.166 e. The summed E-state index contributed by atoms with van der Waals surface area (Å²) < 4.78 is 30.1. The maximum absolute atomic E-state index is 13.9. The number of benzene rings is 4. The van der Waals surface area contributed by atoms with Crippen molar-refractivity contribution in [3.8, 4) is 11.5 Å². The van der Waals surface area contributed by atoms with E-state index in [1.807, 2.05) is 30.3 Å². The molecule has 1 aromatic heterocycles. The molecule has 5 nitrogen and oxygen atoms in total. The van der Waals surface area contributed by atoms with Gasteiger partial charge >= 0.3 is 0 Å². The summed E-state index contributed by atoms with van der Waals surface area (Å²) >= 11 is 0. The lowest BCUT2D eigenvalue weighted by Crippen LogP contribution is -2.74. The fraction of sp³-hybridized carbons (Fsp3) is 0.350. The van der Waals surface area contributed by atoms with E-state index in [0.29, 0.717) is 19.6 Å². The molecule has 0 amide bonds. The van der Waals surface area contributed by atoms with Crippen molar-refractivity contribution in [1.82, 2.24) is 9.47 Å². The Kier molecular flexibility index (Phi) is 5.69. The number of ether oxygens (including phenoxy) is 2. The number of hydrogen-bond donors (Lipinski definition) is 1. The van der Waals surface area contributed by atoms with Crippen molar-refractivity contribution in [3.63, 3.8) is 0 Å². The molecule has 5 aromatic rings. The van der Waals surface area contributed by atoms with Gasteiger partial charge in [0.15, 0.2) is 17.6 Å². The van der Waals surface area contributed by atoms with Crippen LogP contribution in [0.3, 0.4) is 0 Å². The van der Waals surface area contributed by atoms with E-state index in [1.54, 1.807) is 0 Å². The molecule has 10 rings (SSSR count). The average molecular weight is 612 g/mol. The predicted molar refractivity (Wildman–Crippen MR) is 175 cm³/mol. The van der Waals surface area contributed by atoms with E-state index in [9.17, 15) is 9.50 Å². The lowest BCUT2D eigenvalue weighted by Gasteiger charge is -2.63. The molecule has 1 saturated heterocycles. The van der Waals surface area contributed by atoms with Crippen molar-refractivity contribution in [2.45, 2.75) is 68.4 Å². The fourth-order valence-electron chi connectivity index (χ4n) is 9.58. The minimum atomic E-state index is -0.987. The summed E-state index contributed by atoms with van der Waals surface area (Å²) in [6.45, 7) is 3.06. The summed E-state index contributed by atoms with van der Waals surface area (Å²) in [5.74, 6) is 2.06. The molecule has 2 bridgehead atoms. The Hall–Kier alpha value is -4.13. The van der Waals surface area contributed by atoms with Crippen LogP contribution in [0.2, 0.25) is 0 Å². The monoisotopic (exact) mass is 611 g/mol. The van der Waals surface area contributed by atoms with Gasteiger partial charge < -0.3 is 19.1 Å². The van der Waals surface area contributed by atoms with Gasteiger partial charge in [-0.1, -0.05) is 66.7 Å². The van der Waals surface area contributed by atoms with Gasteiger partial charge in [0.25, 0.3) is 0 Å². The summed E-state index contributed by atoms with van der Waals surface area (Å²) in [6, 6.07) is 30.0. The first-order valence-corrected chi connectivity index (χ1v) is 16.8. The molecule has 3 heterocycles. The molecule has 1 N–H and O–H groups in total. The summed E-state index contributed by atoms with van der Waals surface area (Å²) in [5.41, 5.74) is 6.46. The molecule has 46 heavy (non-hydrogen) atoms. The maximum Gasteiger partial charge on any atom is 0.166 e. The summed E-state index contributed by atoms with van der Waals surface area (Å²) in [6.07, 6.45) is 4.45. The van der Waals surface area contributed by atoms with Crippen LogP contribution in [0.4, 0.5) is 4.39 Å². The third-order valence-electron chi connectivity index (χ3n) is 11.8. The molecule has 4 atom stereocenters. The highest BCUT2D eigenvalue weighted by Gasteiger charge is 2.73. The molecule has 2 fully saturated rings. The van der Waals surface area contributed by atoms with Gasteiger partial charge in [0, 0.05) is 42.0 Å². The molecule has 5 aliphatic rings. The molecule has 0 radical (unpaired) electrons. The zero-order chi connectivity index (χ0) is 30.6. The van der Waals surface area contributed by atoms with Crippen molar-refractivity contribution in [1.29, 1.82) is 0 Å². The van der Waals surface area contributed by atoms with Gasteiger partial charge in [-0.05, 0) is 84.7 Å². The SMILES string of the molecule is O[C@@]12Cc3c(n(Cc4ccc([18F])cc4)c4ccccc34)[C@@H]3Oc4c(OCc5ccccc5)ccc5c4[C@@]31CCN(CC1CC1)C2C5. The van der Waals surface area contributed by atoms with Crippen molar-refractivity contribution in [2.75, 3.05) is 13.1 Å². The molecular formula is C40H37FN2O3. The van der Waals surface area contributed by atoms with Crippen LogP contribution in [0.1, 0.15) is 58.9 Å². The Balaban J connectivity index is 1.17. The van der Waals surface area contributed by atoms with E-state index in [-0.39, 0.29) is 18.0 Å². The molecule has 6 heteroatoms. The zero-order valence-corrected chi connectivity index (χ0v) is 25.8. The number of halogens is 1. The van der Waals surface area contributed by atoms with Crippen molar-refractivity contribution in [3.05, 3.63) is 130 Å². The van der Waals surface area contributed by atoms with Gasteiger partial charge in [-0.3, -0.25) is 4.90 Å². The van der Waals surface area contributed by atoms with E-state index in [1.165, 1.54) is 41.5 Å². The highest BCUT2D eigenvalue weighted by molar-refractivity contribution is 5.87. The minimum Gasteiger partial charge on any atom is -0.485 e. The van der Waals surface area contributed by atoms with Crippen LogP contribution in [-0.4, -0.2) is 39.3 Å². The first kappa shape index (κ1) is 27.0. The van der Waals surface area contributed by atoms with E-state index < -0.39 is 11.0 Å². The number of piperidine rings is 1. The lowest BCUT2D eigenvalue weighted by atomic mass is 9.49. The summed E-state index contributed by atoms with van der Waals surface area (Å²) in [5, 5.41) is 14.6. The summed E-state index contributed by atoms with van der Waals surface area (Å²) in [4.78, 5) is 2.61. The van der Waals surface area contributed by atoms with Crippen LogP contribution in [0.5, 0.6) is 11.5 Å². The minimum absolute atomic E-state index is 0.0230. The molecule has 232 valence electrons. The highest BCUT2D eigenvalue weighted by Crippen LogP contribution is 2.69. The van der Waals surface area contributed by atoms with Gasteiger partial charge in [0.2, 0.25) is 0 Å². The second kappa shape index (κ2) is 9.69. The number of aliphatic hydroxyl groups is 1. The number of nitrogens with zero attached hydrogens (tertiary/aromatic N) is 2. The van der Waals surface area contributed by atoms with Crippen LogP contribution < -0.4 is 9.47 Å². The normalized spacial score (nSPS) is 27.3. The maximum atomic E-state index is 13.9. The van der Waals surface area contributed by atoms with Crippen LogP contribution in [0, 0.1) is 11.7 Å². The van der Waals surface area contributed by atoms with E-state index in [4.69, 9.17) is 9.47 Å². The Labute approximate surface area is 268 Å². The summed E-state index contributed by atoms with van der Waals surface area (Å²) in [7, 11) is 0. The van der Waals surface area contributed by atoms with Crippen molar-refractivity contribution in [2.24, 2.45) is 5.92 Å². The molecule has 4 aromatic carbocycles. The van der Waals surface area contributed by atoms with Crippen molar-refractivity contribution >= 4 is 10.9 Å². The van der Waals surface area contributed by atoms with Crippen molar-refractivity contribution < 1.29 is 19.0 Å². The fourth-order valence-corrected chi connectivity index (χ4v) is 9.58. The number of fused-ring (bicyclic) bond motifs is 4. The van der Waals surface area contributed by atoms with Gasteiger partial charge in [0.1, 0.15) is 12.4 Å². The number of para-hydroxylation sites is 1. The van der Waals surface area contributed by atoms with Crippen LogP contribution in [0.25, 0.3) is 10.9 Å². The lowest BCUT2D eigenvalue weighted by molar-refractivity contribution is -0.173. The van der Waals surface area contributed by atoms with E-state index in [2.05, 4.69) is 58.0 Å². The average Bonchev–Trinajstić information content (AvgIpc) is 3.75. The number of aromatic nitrogens is 1. The largest absolute Gasteiger partial charge is 0.485 e. The van der Waals surface area contributed by atoms with Crippen LogP contribution >= 0.6 is 0 Å². The first-order chi connectivity index (χ1) is 22.5. The second-order valence-corrected chi connectivity index (χ2v) is 14.3. The third-order valence-corrected chi connectivity index (χ3v) is 11.8. The predicted octanol–water partition coefficient (Wildman–Crippen LogP) is 7.11. The first-order valence-electron chi connectivity index (χ1n) is 16.8. The Bertz CT molecular complexity index is 2000. The topological polar surface area (TPSA) is 46.9 Å². The molecular weight excluding hydrogens is 574 g/mol. The van der Waals surface area contributed by atoms with Gasteiger partial charge in [-0.15, -0.1) is 0 Å². The van der Waals surface area contributed by atoms with Crippen LogP contribution in [-0.2, 0) is 31.4 Å². The third kappa shape index (κ3) is 3.68. The molecule has 1 saturated carbocycles. The number of hydrogen-bond acceptors (Lipinski definition) is 4. The number of rotatable bonds is 7. The second-order valence-electron chi connectivity index (χ2n) is 14.3. The molecule has 1 unspecified atom stereocenters. The van der Waals surface area contributed by atoms with E-state index >= 15 is 0 Å². The standard InChI is InChI=1S/C40H37FN2O3/c41-29-15-12-26(13-16-29)23-43-32-9-5-4-8-30(32)31-21-40(44)34-20-28-14-17-33(45-24-27-6-2-1-3-7-27)37-35(28)39(40,38(46-37)36(31)43)18-19-42(34)22-25-10-11-25/h1-9,12-17,25,34,38,44H,10-11,18-24H2/t34?,38-,39-,40+/m0/s1/i41-1. The zero-order valence-electron chi connectivity index (χ0n) is 25.8. The Morgan fingerprint density at radius 3 is 2.54 bits per heavy atom.